The van der Waals surface area contributed by atoms with Gasteiger partial charge in [-0.05, 0) is 43.1 Å². The third kappa shape index (κ3) is 2.97. The van der Waals surface area contributed by atoms with Crippen molar-refractivity contribution in [3.8, 4) is 0 Å². The number of rotatable bonds is 3. The van der Waals surface area contributed by atoms with Gasteiger partial charge in [-0.15, -0.1) is 0 Å². The van der Waals surface area contributed by atoms with Crippen LogP contribution >= 0.6 is 11.6 Å². The van der Waals surface area contributed by atoms with Gasteiger partial charge in [-0.1, -0.05) is 0 Å². The number of aromatic nitrogens is 2. The van der Waals surface area contributed by atoms with Crippen molar-refractivity contribution < 1.29 is 10.1 Å². The number of anilines is 1. The van der Waals surface area contributed by atoms with E-state index in [0.29, 0.717) is 17.1 Å². The molecular formula is C14H18ClFN5+. The molecule has 112 valence electrons. The van der Waals surface area contributed by atoms with Crippen LogP contribution in [0.5, 0.6) is 0 Å². The topological polar surface area (TPSA) is 82.7 Å². The summed E-state index contributed by atoms with van der Waals surface area (Å²) in [4.78, 5) is 9.74. The first-order valence-corrected chi connectivity index (χ1v) is 6.75. The third-order valence-corrected chi connectivity index (χ3v) is 3.76. The molecule has 5 nitrogen and oxygen atoms in total. The standard InChI is InChI=1S/C14H17ClFN5/c1-8-6-9(11(17)7-10(8)16)14(2,18)21(3)12-4-5-19-13(15)20-12/h4-7H,17-18H2,1-3H3/p+1. The summed E-state index contributed by atoms with van der Waals surface area (Å²) in [7, 11) is 1.79. The zero-order chi connectivity index (χ0) is 15.8. The number of aryl methyl sites for hydroxylation is 1. The minimum Gasteiger partial charge on any atom is -0.337 e. The summed E-state index contributed by atoms with van der Waals surface area (Å²) in [5, 5.41) is 0.139. The SMILES string of the molecule is Cc1cc(C(C)(N)N(C)c2ccnc(Cl)n2)c([NH3+])cc1F. The lowest BCUT2D eigenvalue weighted by atomic mass is 9.96. The van der Waals surface area contributed by atoms with E-state index >= 15 is 0 Å². The molecule has 0 saturated carbocycles. The lowest BCUT2D eigenvalue weighted by Gasteiger charge is -2.36. The van der Waals surface area contributed by atoms with E-state index in [9.17, 15) is 4.39 Å². The Bertz CT molecular complexity index is 674. The maximum atomic E-state index is 13.6. The molecular weight excluding hydrogens is 293 g/mol. The first-order valence-electron chi connectivity index (χ1n) is 6.37. The van der Waals surface area contributed by atoms with Gasteiger partial charge in [0.1, 0.15) is 23.0 Å². The summed E-state index contributed by atoms with van der Waals surface area (Å²) in [5.74, 6) is 0.272. The molecule has 1 atom stereocenters. The molecule has 1 aromatic carbocycles. The molecule has 5 N–H and O–H groups in total. The van der Waals surface area contributed by atoms with Gasteiger partial charge in [0.25, 0.3) is 0 Å². The van der Waals surface area contributed by atoms with Crippen LogP contribution in [0, 0.1) is 12.7 Å². The van der Waals surface area contributed by atoms with Gasteiger partial charge < -0.3 is 16.4 Å². The molecule has 2 rings (SSSR count). The molecule has 1 heterocycles. The van der Waals surface area contributed by atoms with Crippen molar-refractivity contribution in [2.45, 2.75) is 19.5 Å². The Morgan fingerprint density at radius 2 is 2.10 bits per heavy atom. The maximum absolute atomic E-state index is 13.6. The van der Waals surface area contributed by atoms with Gasteiger partial charge in [0, 0.05) is 19.3 Å². The minimum atomic E-state index is -0.923. The lowest BCUT2D eigenvalue weighted by molar-refractivity contribution is -0.256. The Morgan fingerprint density at radius 3 is 2.71 bits per heavy atom. The highest BCUT2D eigenvalue weighted by Gasteiger charge is 2.32. The van der Waals surface area contributed by atoms with Crippen LogP contribution in [0.2, 0.25) is 5.28 Å². The molecule has 0 aliphatic rings. The van der Waals surface area contributed by atoms with E-state index in [2.05, 4.69) is 15.7 Å². The van der Waals surface area contributed by atoms with Crippen molar-refractivity contribution in [2.24, 2.45) is 5.73 Å². The van der Waals surface area contributed by atoms with Gasteiger partial charge in [-0.3, -0.25) is 0 Å². The third-order valence-electron chi connectivity index (χ3n) is 3.58. The fraction of sp³-hybridized carbons (Fsp3) is 0.286. The van der Waals surface area contributed by atoms with E-state index in [-0.39, 0.29) is 11.1 Å². The molecule has 1 aromatic heterocycles. The summed E-state index contributed by atoms with van der Waals surface area (Å²) in [5.41, 5.74) is 11.2. The quantitative estimate of drug-likeness (QED) is 0.668. The predicted molar refractivity (Wildman–Crippen MR) is 80.7 cm³/mol. The normalized spacial score (nSPS) is 13.9. The molecule has 0 aliphatic carbocycles. The number of nitrogens with two attached hydrogens (primary N) is 1. The average molecular weight is 311 g/mol. The van der Waals surface area contributed by atoms with Crippen LogP contribution in [-0.2, 0) is 5.66 Å². The van der Waals surface area contributed by atoms with Crippen LogP contribution in [-0.4, -0.2) is 17.0 Å². The molecule has 0 aliphatic heterocycles. The minimum absolute atomic E-state index is 0.139. The summed E-state index contributed by atoms with van der Waals surface area (Å²) in [6.45, 7) is 3.50. The fourth-order valence-corrected chi connectivity index (χ4v) is 2.27. The van der Waals surface area contributed by atoms with Crippen LogP contribution in [0.4, 0.5) is 15.9 Å². The second-order valence-corrected chi connectivity index (χ2v) is 5.49. The number of hydrogen-bond donors (Lipinski definition) is 2. The Morgan fingerprint density at radius 1 is 1.43 bits per heavy atom. The molecule has 1 unspecified atom stereocenters. The molecule has 0 radical (unpaired) electrons. The van der Waals surface area contributed by atoms with E-state index in [0.717, 1.165) is 5.56 Å². The number of halogens is 2. The molecule has 0 spiro atoms. The first-order chi connectivity index (χ1) is 9.73. The molecule has 0 fully saturated rings. The summed E-state index contributed by atoms with van der Waals surface area (Å²) < 4.78 is 13.6. The number of hydrogen-bond acceptors (Lipinski definition) is 4. The van der Waals surface area contributed by atoms with Crippen LogP contribution in [0.25, 0.3) is 0 Å². The van der Waals surface area contributed by atoms with Crippen molar-refractivity contribution in [1.82, 2.24) is 9.97 Å². The maximum Gasteiger partial charge on any atom is 0.224 e. The van der Waals surface area contributed by atoms with E-state index < -0.39 is 5.66 Å². The Labute approximate surface area is 127 Å². The predicted octanol–water partition coefficient (Wildman–Crippen LogP) is 1.72. The van der Waals surface area contributed by atoms with E-state index in [1.54, 1.807) is 37.2 Å². The van der Waals surface area contributed by atoms with Crippen LogP contribution in [0.15, 0.2) is 24.4 Å². The van der Waals surface area contributed by atoms with Crippen LogP contribution in [0.3, 0.4) is 0 Å². The summed E-state index contributed by atoms with van der Waals surface area (Å²) >= 11 is 5.81. The zero-order valence-corrected chi connectivity index (χ0v) is 12.9. The van der Waals surface area contributed by atoms with Gasteiger partial charge in [0.15, 0.2) is 0 Å². The smallest absolute Gasteiger partial charge is 0.224 e. The van der Waals surface area contributed by atoms with Crippen molar-refractivity contribution in [3.05, 3.63) is 46.6 Å². The van der Waals surface area contributed by atoms with Gasteiger partial charge in [0.2, 0.25) is 5.28 Å². The van der Waals surface area contributed by atoms with Crippen molar-refractivity contribution >= 4 is 23.1 Å². The highest BCUT2D eigenvalue weighted by molar-refractivity contribution is 6.28. The molecule has 2 aromatic rings. The van der Waals surface area contributed by atoms with E-state index in [1.165, 1.54) is 6.07 Å². The Kier molecular flexibility index (Phi) is 4.13. The lowest BCUT2D eigenvalue weighted by Crippen LogP contribution is -2.53. The average Bonchev–Trinajstić information content (AvgIpc) is 2.41. The molecule has 0 saturated heterocycles. The number of nitrogens with zero attached hydrogens (tertiary/aromatic N) is 3. The molecule has 7 heteroatoms. The zero-order valence-electron chi connectivity index (χ0n) is 12.2. The van der Waals surface area contributed by atoms with Crippen molar-refractivity contribution in [1.29, 1.82) is 0 Å². The van der Waals surface area contributed by atoms with Gasteiger partial charge in [0.05, 0.1) is 5.56 Å². The fourth-order valence-electron chi connectivity index (χ4n) is 2.13. The summed E-state index contributed by atoms with van der Waals surface area (Å²) in [6.07, 6.45) is 1.55. The Hall–Kier alpha value is -1.76. The molecule has 0 bridgehead atoms. The molecule has 0 amide bonds. The van der Waals surface area contributed by atoms with Gasteiger partial charge >= 0.3 is 0 Å². The number of quaternary nitrogens is 1. The Balaban J connectivity index is 2.48. The van der Waals surface area contributed by atoms with E-state index in [4.69, 9.17) is 17.3 Å². The highest BCUT2D eigenvalue weighted by atomic mass is 35.5. The van der Waals surface area contributed by atoms with Crippen LogP contribution < -0.4 is 16.4 Å². The van der Waals surface area contributed by atoms with Gasteiger partial charge in [-0.25, -0.2) is 14.4 Å². The second-order valence-electron chi connectivity index (χ2n) is 5.15. The van der Waals surface area contributed by atoms with Crippen molar-refractivity contribution in [2.75, 3.05) is 11.9 Å². The van der Waals surface area contributed by atoms with Crippen molar-refractivity contribution in [3.63, 3.8) is 0 Å². The summed E-state index contributed by atoms with van der Waals surface area (Å²) in [6, 6.07) is 4.80. The number of benzene rings is 1. The van der Waals surface area contributed by atoms with Crippen LogP contribution in [0.1, 0.15) is 18.1 Å². The van der Waals surface area contributed by atoms with E-state index in [1.807, 2.05) is 6.92 Å². The second kappa shape index (κ2) is 5.55. The molecule has 21 heavy (non-hydrogen) atoms. The highest BCUT2D eigenvalue weighted by Crippen LogP contribution is 2.30. The van der Waals surface area contributed by atoms with Gasteiger partial charge in [-0.2, -0.15) is 0 Å². The monoisotopic (exact) mass is 310 g/mol. The first kappa shape index (κ1) is 15.6. The largest absolute Gasteiger partial charge is 0.337 e.